The lowest BCUT2D eigenvalue weighted by Gasteiger charge is -2.19. The molecule has 2 aromatic heterocycles. The minimum Gasteiger partial charge on any atom is -0.302 e. The molecule has 0 aliphatic carbocycles. The van der Waals surface area contributed by atoms with Crippen LogP contribution >= 0.6 is 11.6 Å². The summed E-state index contributed by atoms with van der Waals surface area (Å²) in [5.41, 5.74) is 9.21. The molecule has 2 N–H and O–H groups in total. The van der Waals surface area contributed by atoms with Gasteiger partial charge >= 0.3 is 0 Å². The van der Waals surface area contributed by atoms with E-state index in [1.54, 1.807) is 6.20 Å². The number of aryl methyl sites for hydroxylation is 1. The fourth-order valence-corrected chi connectivity index (χ4v) is 3.35. The van der Waals surface area contributed by atoms with Gasteiger partial charge in [0.05, 0.1) is 17.9 Å². The Labute approximate surface area is 156 Å². The molecule has 0 spiro atoms. The van der Waals surface area contributed by atoms with Gasteiger partial charge in [0.25, 0.3) is 0 Å². The highest BCUT2D eigenvalue weighted by Crippen LogP contribution is 2.35. The summed E-state index contributed by atoms with van der Waals surface area (Å²) in [6.45, 7) is 5.90. The highest BCUT2D eigenvalue weighted by molar-refractivity contribution is 6.30. The first-order chi connectivity index (χ1) is 12.7. The topological polar surface area (TPSA) is 66.0 Å². The van der Waals surface area contributed by atoms with Gasteiger partial charge in [0.2, 0.25) is 0 Å². The molecule has 1 aromatic carbocycles. The van der Waals surface area contributed by atoms with E-state index in [0.717, 1.165) is 33.6 Å². The van der Waals surface area contributed by atoms with Crippen LogP contribution in [0, 0.1) is 6.92 Å². The van der Waals surface area contributed by atoms with Crippen LogP contribution in [0.15, 0.2) is 60.5 Å². The molecule has 0 saturated carbocycles. The van der Waals surface area contributed by atoms with Gasteiger partial charge in [0.1, 0.15) is 0 Å². The molecule has 1 aliphatic heterocycles. The third kappa shape index (κ3) is 2.91. The second-order valence-electron chi connectivity index (χ2n) is 6.27. The summed E-state index contributed by atoms with van der Waals surface area (Å²) in [5, 5.41) is 12.0. The Morgan fingerprint density at radius 1 is 1.15 bits per heavy atom. The van der Waals surface area contributed by atoms with Gasteiger partial charge < -0.3 is 5.43 Å². The predicted molar refractivity (Wildman–Crippen MR) is 105 cm³/mol. The van der Waals surface area contributed by atoms with Crippen LogP contribution in [0.2, 0.25) is 5.02 Å². The third-order valence-electron chi connectivity index (χ3n) is 4.65. The molecule has 0 fully saturated rings. The first-order valence-corrected chi connectivity index (χ1v) is 8.72. The largest absolute Gasteiger partial charge is 0.302 e. The van der Waals surface area contributed by atoms with Gasteiger partial charge in [-0.2, -0.15) is 10.2 Å². The van der Waals surface area contributed by atoms with Crippen LogP contribution in [0.1, 0.15) is 17.2 Å². The highest BCUT2D eigenvalue weighted by atomic mass is 35.5. The average Bonchev–Trinajstić information content (AvgIpc) is 3.30. The quantitative estimate of drug-likeness (QED) is 0.678. The number of aromatic amines is 1. The zero-order valence-corrected chi connectivity index (χ0v) is 15.0. The Morgan fingerprint density at radius 3 is 2.65 bits per heavy atom. The molecule has 1 aliphatic rings. The Morgan fingerprint density at radius 2 is 1.96 bits per heavy atom. The Bertz CT molecular complexity index is 974. The van der Waals surface area contributed by atoms with E-state index >= 15 is 0 Å². The van der Waals surface area contributed by atoms with E-state index in [-0.39, 0.29) is 12.0 Å². The van der Waals surface area contributed by atoms with Crippen LogP contribution in [0.25, 0.3) is 22.4 Å². The number of hydrogen-bond donors (Lipinski definition) is 2. The molecule has 0 amide bonds. The summed E-state index contributed by atoms with van der Waals surface area (Å²) in [7, 11) is 0. The smallest absolute Gasteiger partial charge is 0.0742 e. The van der Waals surface area contributed by atoms with Gasteiger partial charge in [0, 0.05) is 34.6 Å². The maximum absolute atomic E-state index is 6.08. The molecule has 3 aromatic rings. The molecular formula is C20H18ClN5. The first kappa shape index (κ1) is 16.5. The maximum Gasteiger partial charge on any atom is 0.0742 e. The lowest BCUT2D eigenvalue weighted by Crippen LogP contribution is -2.23. The molecule has 0 saturated heterocycles. The molecule has 5 nitrogen and oxygen atoms in total. The molecule has 2 atom stereocenters. The summed E-state index contributed by atoms with van der Waals surface area (Å²) < 4.78 is 0. The Balaban J connectivity index is 1.88. The molecular weight excluding hydrogens is 346 g/mol. The second-order valence-corrected chi connectivity index (χ2v) is 6.70. The highest BCUT2D eigenvalue weighted by Gasteiger charge is 2.26. The van der Waals surface area contributed by atoms with Gasteiger partial charge in [0.15, 0.2) is 0 Å². The van der Waals surface area contributed by atoms with Gasteiger partial charge in [-0.3, -0.25) is 10.1 Å². The fraction of sp³-hybridized carbons (Fsp3) is 0.150. The summed E-state index contributed by atoms with van der Waals surface area (Å²) in [6.07, 6.45) is 7.50. The van der Waals surface area contributed by atoms with Gasteiger partial charge in [-0.25, -0.2) is 0 Å². The van der Waals surface area contributed by atoms with Gasteiger partial charge in [-0.15, -0.1) is 6.58 Å². The van der Waals surface area contributed by atoms with Crippen molar-refractivity contribution in [3.63, 3.8) is 0 Å². The molecule has 0 bridgehead atoms. The predicted octanol–water partition coefficient (Wildman–Crippen LogP) is 4.33. The molecule has 0 radical (unpaired) electrons. The summed E-state index contributed by atoms with van der Waals surface area (Å²) >= 11 is 6.08. The Kier molecular flexibility index (Phi) is 4.31. The van der Waals surface area contributed by atoms with Crippen LogP contribution < -0.4 is 5.43 Å². The number of hydrogen-bond acceptors (Lipinski definition) is 4. The van der Waals surface area contributed by atoms with Crippen molar-refractivity contribution in [1.82, 2.24) is 20.6 Å². The van der Waals surface area contributed by atoms with Crippen molar-refractivity contribution >= 4 is 17.8 Å². The maximum atomic E-state index is 6.08. The van der Waals surface area contributed by atoms with Crippen molar-refractivity contribution in [1.29, 1.82) is 0 Å². The summed E-state index contributed by atoms with van der Waals surface area (Å²) in [4.78, 5) is 4.69. The van der Waals surface area contributed by atoms with E-state index in [1.165, 1.54) is 0 Å². The van der Waals surface area contributed by atoms with E-state index in [4.69, 9.17) is 11.6 Å². The van der Waals surface area contributed by atoms with Crippen molar-refractivity contribution in [2.24, 2.45) is 5.10 Å². The van der Waals surface area contributed by atoms with Gasteiger partial charge in [-0.05, 0) is 41.8 Å². The van der Waals surface area contributed by atoms with E-state index in [2.05, 4.69) is 38.4 Å². The minimum absolute atomic E-state index is 0.0457. The molecule has 26 heavy (non-hydrogen) atoms. The molecule has 3 heterocycles. The number of benzene rings is 1. The van der Waals surface area contributed by atoms with Crippen molar-refractivity contribution in [3.05, 3.63) is 71.7 Å². The van der Waals surface area contributed by atoms with Crippen LogP contribution in [0.5, 0.6) is 0 Å². The van der Waals surface area contributed by atoms with E-state index in [1.807, 2.05) is 49.7 Å². The van der Waals surface area contributed by atoms with Gasteiger partial charge in [-0.1, -0.05) is 29.8 Å². The molecule has 4 rings (SSSR count). The fourth-order valence-electron chi connectivity index (χ4n) is 3.22. The number of hydrazone groups is 1. The zero-order valence-electron chi connectivity index (χ0n) is 14.3. The molecule has 6 heteroatoms. The number of nitrogens with one attached hydrogen (secondary N) is 2. The summed E-state index contributed by atoms with van der Waals surface area (Å²) in [5.74, 6) is 0.0742. The van der Waals surface area contributed by atoms with E-state index < -0.39 is 0 Å². The number of rotatable bonds is 4. The molecule has 130 valence electrons. The molecule has 2 unspecified atom stereocenters. The van der Waals surface area contributed by atoms with Crippen LogP contribution in [-0.2, 0) is 0 Å². The van der Waals surface area contributed by atoms with Crippen molar-refractivity contribution in [2.45, 2.75) is 18.9 Å². The van der Waals surface area contributed by atoms with E-state index in [9.17, 15) is 0 Å². The number of halogens is 1. The van der Waals surface area contributed by atoms with Crippen molar-refractivity contribution in [3.8, 4) is 22.4 Å². The lowest BCUT2D eigenvalue weighted by molar-refractivity contribution is 0.644. The number of nitrogens with zero attached hydrogens (tertiary/aromatic N) is 3. The second kappa shape index (κ2) is 6.77. The van der Waals surface area contributed by atoms with Crippen LogP contribution in [-0.4, -0.2) is 27.4 Å². The zero-order chi connectivity index (χ0) is 18.1. The number of H-pyrrole nitrogens is 1. The summed E-state index contributed by atoms with van der Waals surface area (Å²) in [6, 6.07) is 9.99. The first-order valence-electron chi connectivity index (χ1n) is 8.35. The average molecular weight is 364 g/mol. The van der Waals surface area contributed by atoms with Crippen LogP contribution in [0.4, 0.5) is 0 Å². The van der Waals surface area contributed by atoms with Crippen molar-refractivity contribution in [2.75, 3.05) is 0 Å². The standard InChI is InChI=1S/C20H18ClN5/c1-3-19-18(11-24-26-19)17-9-22-20(16-10-23-25-12(16)2)8-15(17)13-4-6-14(21)7-5-13/h3-11,18-19,26H,1H2,2H3,(H,23,25). The SMILES string of the molecule is C=CC1NN=CC1c1cnc(-c2cn[nH]c2C)cc1-c1ccc(Cl)cc1. The number of aromatic nitrogens is 3. The third-order valence-corrected chi connectivity index (χ3v) is 4.91. The van der Waals surface area contributed by atoms with Crippen LogP contribution in [0.3, 0.4) is 0 Å². The Hall–Kier alpha value is -2.92. The van der Waals surface area contributed by atoms with Crippen molar-refractivity contribution < 1.29 is 0 Å². The lowest BCUT2D eigenvalue weighted by atomic mass is 9.88. The number of pyridine rings is 1. The van der Waals surface area contributed by atoms with E-state index in [0.29, 0.717) is 5.02 Å². The minimum atomic E-state index is 0.0457. The normalized spacial score (nSPS) is 18.7. The monoisotopic (exact) mass is 363 g/mol.